The molecule has 1 aromatic carbocycles. The largest absolute Gasteiger partial charge is 0.246 e. The molecule has 3 aromatic heterocycles. The van der Waals surface area contributed by atoms with Crippen LogP contribution in [0.2, 0.25) is 0 Å². The first-order valence-electron chi connectivity index (χ1n) is 7.54. The molecule has 0 radical (unpaired) electrons. The summed E-state index contributed by atoms with van der Waals surface area (Å²) in [6.45, 7) is 4.14. The van der Waals surface area contributed by atoms with Crippen molar-refractivity contribution in [3.8, 4) is 11.1 Å². The second kappa shape index (κ2) is 6.63. The summed E-state index contributed by atoms with van der Waals surface area (Å²) >= 11 is 5.10. The van der Waals surface area contributed by atoms with Crippen molar-refractivity contribution in [2.75, 3.05) is 0 Å². The van der Waals surface area contributed by atoms with Gasteiger partial charge >= 0.3 is 0 Å². The lowest BCUT2D eigenvalue weighted by molar-refractivity contribution is 1.10. The Labute approximate surface area is 152 Å². The van der Waals surface area contributed by atoms with Crippen molar-refractivity contribution in [2.45, 2.75) is 24.6 Å². The highest BCUT2D eigenvalue weighted by atomic mass is 32.2. The van der Waals surface area contributed by atoms with Crippen LogP contribution >= 0.6 is 34.4 Å². The molecule has 0 N–H and O–H groups in total. The molecular formula is C18H15N3S3. The van der Waals surface area contributed by atoms with E-state index in [1.165, 1.54) is 16.7 Å². The zero-order chi connectivity index (χ0) is 16.5. The van der Waals surface area contributed by atoms with E-state index < -0.39 is 0 Å². The lowest BCUT2D eigenvalue weighted by Gasteiger charge is -2.05. The van der Waals surface area contributed by atoms with Crippen molar-refractivity contribution < 1.29 is 0 Å². The number of thioether (sulfide) groups is 1. The third kappa shape index (κ3) is 3.09. The molecule has 24 heavy (non-hydrogen) atoms. The van der Waals surface area contributed by atoms with Crippen molar-refractivity contribution in [1.29, 1.82) is 0 Å². The van der Waals surface area contributed by atoms with Crippen LogP contribution < -0.4 is 0 Å². The van der Waals surface area contributed by atoms with E-state index in [1.54, 1.807) is 40.8 Å². The minimum absolute atomic E-state index is 0.833. The van der Waals surface area contributed by atoms with E-state index in [1.807, 2.05) is 6.92 Å². The number of benzene rings is 1. The van der Waals surface area contributed by atoms with Crippen LogP contribution in [-0.2, 0) is 5.75 Å². The average molecular weight is 370 g/mol. The third-order valence-electron chi connectivity index (χ3n) is 3.72. The molecule has 0 atom stereocenters. The van der Waals surface area contributed by atoms with E-state index in [9.17, 15) is 0 Å². The van der Waals surface area contributed by atoms with Gasteiger partial charge in [0.25, 0.3) is 0 Å². The molecule has 4 aromatic rings. The SMILES string of the molecule is Cc1ccc(-c2csc3ncnc(SCc4csc(C)n4)c23)cc1. The topological polar surface area (TPSA) is 38.7 Å². The molecule has 6 heteroatoms. The highest BCUT2D eigenvalue weighted by Crippen LogP contribution is 2.38. The Morgan fingerprint density at radius 3 is 2.58 bits per heavy atom. The Bertz CT molecular complexity index is 986. The molecule has 0 aliphatic carbocycles. The number of nitrogens with zero attached hydrogens (tertiary/aromatic N) is 3. The normalized spacial score (nSPS) is 11.2. The number of hydrogen-bond acceptors (Lipinski definition) is 6. The van der Waals surface area contributed by atoms with Crippen LogP contribution in [0, 0.1) is 13.8 Å². The number of hydrogen-bond donors (Lipinski definition) is 0. The van der Waals surface area contributed by atoms with Gasteiger partial charge in [0, 0.05) is 22.1 Å². The predicted octanol–water partition coefficient (Wildman–Crippen LogP) is 5.72. The first kappa shape index (κ1) is 15.7. The van der Waals surface area contributed by atoms with Crippen LogP contribution in [0.5, 0.6) is 0 Å². The molecule has 4 rings (SSSR count). The number of aryl methyl sites for hydroxylation is 2. The van der Waals surface area contributed by atoms with Crippen LogP contribution in [0.25, 0.3) is 21.3 Å². The van der Waals surface area contributed by atoms with E-state index in [0.717, 1.165) is 31.7 Å². The first-order chi connectivity index (χ1) is 11.7. The van der Waals surface area contributed by atoms with E-state index in [4.69, 9.17) is 0 Å². The molecular weight excluding hydrogens is 354 g/mol. The quantitative estimate of drug-likeness (QED) is 0.340. The van der Waals surface area contributed by atoms with E-state index in [0.29, 0.717) is 0 Å². The predicted molar refractivity (Wildman–Crippen MR) is 104 cm³/mol. The lowest BCUT2D eigenvalue weighted by Crippen LogP contribution is -1.88. The summed E-state index contributed by atoms with van der Waals surface area (Å²) in [5.41, 5.74) is 4.81. The van der Waals surface area contributed by atoms with Gasteiger partial charge in [-0.05, 0) is 19.4 Å². The van der Waals surface area contributed by atoms with E-state index >= 15 is 0 Å². The molecule has 0 spiro atoms. The molecule has 0 aliphatic rings. The van der Waals surface area contributed by atoms with E-state index in [-0.39, 0.29) is 0 Å². The van der Waals surface area contributed by atoms with Gasteiger partial charge in [-0.3, -0.25) is 0 Å². The Morgan fingerprint density at radius 1 is 1.00 bits per heavy atom. The fourth-order valence-electron chi connectivity index (χ4n) is 2.52. The summed E-state index contributed by atoms with van der Waals surface area (Å²) in [4.78, 5) is 14.6. The molecule has 0 amide bonds. The van der Waals surface area contributed by atoms with Gasteiger partial charge in [0.05, 0.1) is 16.1 Å². The van der Waals surface area contributed by atoms with Crippen molar-refractivity contribution in [3.05, 3.63) is 57.6 Å². The van der Waals surface area contributed by atoms with Crippen LogP contribution in [0.15, 0.2) is 46.4 Å². The number of rotatable bonds is 4. The summed E-state index contributed by atoms with van der Waals surface area (Å²) in [6, 6.07) is 8.63. The van der Waals surface area contributed by atoms with Gasteiger partial charge in [-0.15, -0.1) is 22.7 Å². The zero-order valence-corrected chi connectivity index (χ0v) is 15.8. The standard InChI is InChI=1S/C18H15N3S3/c1-11-3-5-13(6-4-11)15-9-24-18-16(15)17(19-10-20-18)23-8-14-7-22-12(2)21-14/h3-7,9-10H,8H2,1-2H3. The van der Waals surface area contributed by atoms with Crippen molar-refractivity contribution in [2.24, 2.45) is 0 Å². The number of aromatic nitrogens is 3. The maximum atomic E-state index is 4.54. The zero-order valence-electron chi connectivity index (χ0n) is 13.3. The fraction of sp³-hybridized carbons (Fsp3) is 0.167. The van der Waals surface area contributed by atoms with Crippen LogP contribution in [0.4, 0.5) is 0 Å². The highest BCUT2D eigenvalue weighted by Gasteiger charge is 2.14. The van der Waals surface area contributed by atoms with Crippen molar-refractivity contribution >= 4 is 44.7 Å². The van der Waals surface area contributed by atoms with Gasteiger partial charge in [0.2, 0.25) is 0 Å². The summed E-state index contributed by atoms with van der Waals surface area (Å²) in [5, 5.41) is 7.59. The van der Waals surface area contributed by atoms with Crippen LogP contribution in [0.3, 0.4) is 0 Å². The Balaban J connectivity index is 1.72. The monoisotopic (exact) mass is 369 g/mol. The smallest absolute Gasteiger partial charge is 0.128 e. The maximum absolute atomic E-state index is 4.54. The molecule has 3 nitrogen and oxygen atoms in total. The summed E-state index contributed by atoms with van der Waals surface area (Å²) < 4.78 is 0. The second-order valence-corrected chi connectivity index (χ2v) is 8.41. The van der Waals surface area contributed by atoms with Gasteiger partial charge in [-0.1, -0.05) is 41.6 Å². The highest BCUT2D eigenvalue weighted by molar-refractivity contribution is 7.98. The average Bonchev–Trinajstić information content (AvgIpc) is 3.20. The maximum Gasteiger partial charge on any atom is 0.128 e. The van der Waals surface area contributed by atoms with Gasteiger partial charge in [0.1, 0.15) is 16.2 Å². The molecule has 0 bridgehead atoms. The van der Waals surface area contributed by atoms with Gasteiger partial charge in [-0.2, -0.15) is 0 Å². The van der Waals surface area contributed by atoms with E-state index in [2.05, 4.69) is 56.9 Å². The molecule has 0 saturated carbocycles. The molecule has 0 saturated heterocycles. The Morgan fingerprint density at radius 2 is 1.83 bits per heavy atom. The van der Waals surface area contributed by atoms with Crippen molar-refractivity contribution in [1.82, 2.24) is 15.0 Å². The fourth-order valence-corrected chi connectivity index (χ4v) is 5.12. The molecule has 0 fully saturated rings. The number of thiazole rings is 1. The molecule has 0 aliphatic heterocycles. The Kier molecular flexibility index (Phi) is 4.35. The first-order valence-corrected chi connectivity index (χ1v) is 10.3. The van der Waals surface area contributed by atoms with Gasteiger partial charge < -0.3 is 0 Å². The summed E-state index contributed by atoms with van der Waals surface area (Å²) in [7, 11) is 0. The van der Waals surface area contributed by atoms with Crippen molar-refractivity contribution in [3.63, 3.8) is 0 Å². The van der Waals surface area contributed by atoms with Crippen LogP contribution in [-0.4, -0.2) is 15.0 Å². The van der Waals surface area contributed by atoms with Gasteiger partial charge in [-0.25, -0.2) is 15.0 Å². The molecule has 3 heterocycles. The Hall–Kier alpha value is -1.76. The van der Waals surface area contributed by atoms with Crippen LogP contribution in [0.1, 0.15) is 16.3 Å². The lowest BCUT2D eigenvalue weighted by atomic mass is 10.1. The number of fused-ring (bicyclic) bond motifs is 1. The molecule has 0 unspecified atom stereocenters. The minimum Gasteiger partial charge on any atom is -0.246 e. The summed E-state index contributed by atoms with van der Waals surface area (Å²) in [5.74, 6) is 0.833. The second-order valence-electron chi connectivity index (χ2n) is 5.52. The molecule has 120 valence electrons. The summed E-state index contributed by atoms with van der Waals surface area (Å²) in [6.07, 6.45) is 1.66. The van der Waals surface area contributed by atoms with Gasteiger partial charge in [0.15, 0.2) is 0 Å². The third-order valence-corrected chi connectivity index (χ3v) is 6.45. The minimum atomic E-state index is 0.833. The number of thiophene rings is 1.